The van der Waals surface area contributed by atoms with Crippen molar-refractivity contribution < 1.29 is 9.59 Å². The van der Waals surface area contributed by atoms with Crippen LogP contribution in [0.25, 0.3) is 0 Å². The molecule has 1 N–H and O–H groups in total. The van der Waals surface area contributed by atoms with Gasteiger partial charge in [0.15, 0.2) is 0 Å². The van der Waals surface area contributed by atoms with E-state index in [0.29, 0.717) is 6.54 Å². The number of hydrogen-bond acceptors (Lipinski definition) is 2. The van der Waals surface area contributed by atoms with Gasteiger partial charge in [-0.05, 0) is 49.9 Å². The molecule has 2 aromatic carbocycles. The van der Waals surface area contributed by atoms with E-state index >= 15 is 0 Å². The smallest absolute Gasteiger partial charge is 0.242 e. The lowest BCUT2D eigenvalue weighted by molar-refractivity contribution is -0.140. The topological polar surface area (TPSA) is 49.4 Å². The van der Waals surface area contributed by atoms with Crippen molar-refractivity contribution >= 4 is 27.7 Å². The predicted octanol–water partition coefficient (Wildman–Crippen LogP) is 4.78. The minimum Gasteiger partial charge on any atom is -0.352 e. The van der Waals surface area contributed by atoms with E-state index in [-0.39, 0.29) is 24.3 Å². The van der Waals surface area contributed by atoms with Crippen LogP contribution >= 0.6 is 15.9 Å². The first-order valence-corrected chi connectivity index (χ1v) is 11.1. The molecule has 1 saturated carbocycles. The summed E-state index contributed by atoms with van der Waals surface area (Å²) in [6, 6.07) is 15.6. The summed E-state index contributed by atoms with van der Waals surface area (Å²) in [4.78, 5) is 27.8. The zero-order valence-electron chi connectivity index (χ0n) is 17.2. The van der Waals surface area contributed by atoms with Gasteiger partial charge in [-0.3, -0.25) is 9.59 Å². The van der Waals surface area contributed by atoms with Crippen molar-refractivity contribution in [3.63, 3.8) is 0 Å². The molecule has 29 heavy (non-hydrogen) atoms. The van der Waals surface area contributed by atoms with Crippen molar-refractivity contribution in [2.24, 2.45) is 0 Å². The number of aryl methyl sites for hydroxylation is 1. The number of carbonyl (C=O) groups is 2. The van der Waals surface area contributed by atoms with Crippen LogP contribution in [0, 0.1) is 6.92 Å². The highest BCUT2D eigenvalue weighted by Gasteiger charge is 2.28. The van der Waals surface area contributed by atoms with Crippen molar-refractivity contribution in [2.45, 2.75) is 64.6 Å². The molecule has 0 unspecified atom stereocenters. The summed E-state index contributed by atoms with van der Waals surface area (Å²) in [7, 11) is 0. The van der Waals surface area contributed by atoms with Crippen molar-refractivity contribution in [2.75, 3.05) is 0 Å². The number of benzene rings is 2. The third-order valence-electron chi connectivity index (χ3n) is 5.61. The second kappa shape index (κ2) is 10.1. The molecule has 5 heteroatoms. The van der Waals surface area contributed by atoms with E-state index in [4.69, 9.17) is 0 Å². The summed E-state index contributed by atoms with van der Waals surface area (Å²) in [5.41, 5.74) is 3.13. The number of halogens is 1. The Morgan fingerprint density at radius 3 is 2.24 bits per heavy atom. The van der Waals surface area contributed by atoms with Gasteiger partial charge >= 0.3 is 0 Å². The summed E-state index contributed by atoms with van der Waals surface area (Å²) < 4.78 is 0.991. The molecule has 3 rings (SSSR count). The van der Waals surface area contributed by atoms with Crippen LogP contribution in [0.15, 0.2) is 53.0 Å². The van der Waals surface area contributed by atoms with Crippen molar-refractivity contribution in [1.82, 2.24) is 10.2 Å². The Morgan fingerprint density at radius 1 is 1.03 bits per heavy atom. The Hall–Kier alpha value is -2.14. The molecular formula is C24H29BrN2O2. The number of nitrogens with one attached hydrogen (secondary N) is 1. The van der Waals surface area contributed by atoms with Crippen LogP contribution in [-0.2, 0) is 22.6 Å². The molecule has 1 aliphatic carbocycles. The van der Waals surface area contributed by atoms with E-state index in [1.807, 2.05) is 62.4 Å². The number of rotatable bonds is 7. The fourth-order valence-electron chi connectivity index (χ4n) is 3.74. The SMILES string of the molecule is Cc1ccc(CC(=O)N(Cc2ccc(Br)cc2)[C@@H](C)C(=O)NC2CCCC2)cc1. The molecule has 1 fully saturated rings. The Labute approximate surface area is 181 Å². The van der Waals surface area contributed by atoms with Gasteiger partial charge < -0.3 is 10.2 Å². The van der Waals surface area contributed by atoms with Gasteiger partial charge in [-0.15, -0.1) is 0 Å². The second-order valence-corrected chi connectivity index (χ2v) is 8.89. The largest absolute Gasteiger partial charge is 0.352 e. The van der Waals surface area contributed by atoms with Gasteiger partial charge in [0.05, 0.1) is 6.42 Å². The van der Waals surface area contributed by atoms with Gasteiger partial charge in [0.1, 0.15) is 6.04 Å². The third-order valence-corrected chi connectivity index (χ3v) is 6.14. The lowest BCUT2D eigenvalue weighted by Gasteiger charge is -2.30. The Kier molecular flexibility index (Phi) is 7.48. The van der Waals surface area contributed by atoms with Gasteiger partial charge in [-0.25, -0.2) is 0 Å². The molecule has 2 aromatic rings. The standard InChI is InChI=1S/C24H29BrN2O2/c1-17-7-9-19(10-8-17)15-23(28)27(16-20-11-13-21(25)14-12-20)18(2)24(29)26-22-5-3-4-6-22/h7-14,18,22H,3-6,15-16H2,1-2H3,(H,26,29)/t18-/m0/s1. The van der Waals surface area contributed by atoms with Crippen LogP contribution in [0.2, 0.25) is 0 Å². The molecule has 2 amide bonds. The maximum absolute atomic E-state index is 13.2. The molecule has 154 valence electrons. The normalized spacial score (nSPS) is 15.1. The third kappa shape index (κ3) is 6.17. The van der Waals surface area contributed by atoms with Crippen LogP contribution in [0.5, 0.6) is 0 Å². The molecule has 0 spiro atoms. The molecule has 4 nitrogen and oxygen atoms in total. The Balaban J connectivity index is 1.75. The van der Waals surface area contributed by atoms with Gasteiger partial charge in [0.2, 0.25) is 11.8 Å². The molecule has 0 aromatic heterocycles. The highest BCUT2D eigenvalue weighted by Crippen LogP contribution is 2.19. The fourth-order valence-corrected chi connectivity index (χ4v) is 4.01. The van der Waals surface area contributed by atoms with Crippen molar-refractivity contribution in [1.29, 1.82) is 0 Å². The molecule has 0 radical (unpaired) electrons. The van der Waals surface area contributed by atoms with E-state index in [1.54, 1.807) is 4.90 Å². The first kappa shape index (κ1) is 21.6. The molecule has 1 atom stereocenters. The minimum absolute atomic E-state index is 0.0363. The van der Waals surface area contributed by atoms with Crippen molar-refractivity contribution in [3.05, 3.63) is 69.7 Å². The van der Waals surface area contributed by atoms with Crippen LogP contribution < -0.4 is 5.32 Å². The maximum atomic E-state index is 13.2. The molecule has 0 aliphatic heterocycles. The monoisotopic (exact) mass is 456 g/mol. The number of nitrogens with zero attached hydrogens (tertiary/aromatic N) is 1. The number of amides is 2. The fraction of sp³-hybridized carbons (Fsp3) is 0.417. The number of carbonyl (C=O) groups excluding carboxylic acids is 2. The zero-order valence-corrected chi connectivity index (χ0v) is 18.7. The molecule has 0 saturated heterocycles. The van der Waals surface area contributed by atoms with Crippen molar-refractivity contribution in [3.8, 4) is 0 Å². The molecule has 1 aliphatic rings. The summed E-state index contributed by atoms with van der Waals surface area (Å²) in [5, 5.41) is 3.14. The zero-order chi connectivity index (χ0) is 20.8. The van der Waals surface area contributed by atoms with Gasteiger partial charge in [0.25, 0.3) is 0 Å². The lowest BCUT2D eigenvalue weighted by Crippen LogP contribution is -2.50. The summed E-state index contributed by atoms with van der Waals surface area (Å²) in [6.45, 7) is 4.27. The summed E-state index contributed by atoms with van der Waals surface area (Å²) in [5.74, 6) is -0.0999. The minimum atomic E-state index is -0.516. The van der Waals surface area contributed by atoms with E-state index in [1.165, 1.54) is 0 Å². The Morgan fingerprint density at radius 2 is 1.62 bits per heavy atom. The quantitative estimate of drug-likeness (QED) is 0.651. The van der Waals surface area contributed by atoms with Gasteiger partial charge in [0, 0.05) is 17.1 Å². The average Bonchev–Trinajstić information content (AvgIpc) is 3.21. The highest BCUT2D eigenvalue weighted by atomic mass is 79.9. The summed E-state index contributed by atoms with van der Waals surface area (Å²) >= 11 is 3.45. The van der Waals surface area contributed by atoms with Crippen LogP contribution in [0.4, 0.5) is 0 Å². The maximum Gasteiger partial charge on any atom is 0.242 e. The molecule has 0 bridgehead atoms. The first-order valence-electron chi connectivity index (χ1n) is 10.3. The van der Waals surface area contributed by atoms with E-state index in [9.17, 15) is 9.59 Å². The first-order chi connectivity index (χ1) is 13.9. The molecule has 0 heterocycles. The van der Waals surface area contributed by atoms with Gasteiger partial charge in [-0.1, -0.05) is 70.7 Å². The number of hydrogen-bond donors (Lipinski definition) is 1. The Bertz CT molecular complexity index is 827. The predicted molar refractivity (Wildman–Crippen MR) is 119 cm³/mol. The summed E-state index contributed by atoms with van der Waals surface area (Å²) in [6.07, 6.45) is 4.67. The van der Waals surface area contributed by atoms with Crippen LogP contribution in [-0.4, -0.2) is 28.8 Å². The van der Waals surface area contributed by atoms with E-state index < -0.39 is 6.04 Å². The second-order valence-electron chi connectivity index (χ2n) is 7.98. The average molecular weight is 457 g/mol. The highest BCUT2D eigenvalue weighted by molar-refractivity contribution is 9.10. The van der Waals surface area contributed by atoms with Gasteiger partial charge in [-0.2, -0.15) is 0 Å². The lowest BCUT2D eigenvalue weighted by atomic mass is 10.1. The molecular weight excluding hydrogens is 428 g/mol. The van der Waals surface area contributed by atoms with E-state index in [0.717, 1.165) is 46.8 Å². The van der Waals surface area contributed by atoms with Crippen LogP contribution in [0.1, 0.15) is 49.3 Å². The van der Waals surface area contributed by atoms with Crippen LogP contribution in [0.3, 0.4) is 0 Å². The van der Waals surface area contributed by atoms with E-state index in [2.05, 4.69) is 21.2 Å².